The largest absolute Gasteiger partial charge is 0.465 e. The number of ether oxygens (including phenoxy) is 1. The predicted octanol–water partition coefficient (Wildman–Crippen LogP) is 3.48. The molecule has 0 N–H and O–H groups in total. The first-order chi connectivity index (χ1) is 10.4. The van der Waals surface area contributed by atoms with Crippen LogP contribution in [0.4, 0.5) is 0 Å². The number of halogens is 1. The minimum absolute atomic E-state index is 0.364. The highest BCUT2D eigenvalue weighted by atomic mass is 35.5. The normalized spacial score (nSPS) is 11.4. The zero-order chi connectivity index (χ0) is 16.3. The second kappa shape index (κ2) is 7.59. The van der Waals surface area contributed by atoms with E-state index >= 15 is 0 Å². The molecule has 0 aliphatic heterocycles. The average Bonchev–Trinajstić information content (AvgIpc) is 2.80. The number of methoxy groups -OCH3 is 1. The minimum atomic E-state index is -0.364. The first-order valence-electron chi connectivity index (χ1n) is 6.76. The number of aromatic nitrogens is 2. The number of carbonyl (C=O) groups is 1. The maximum Gasteiger partial charge on any atom is 0.348 e. The van der Waals surface area contributed by atoms with E-state index in [0.717, 1.165) is 34.5 Å². The number of nitrogens with zero attached hydrogens (tertiary/aromatic N) is 3. The van der Waals surface area contributed by atoms with Crippen LogP contribution < -0.4 is 0 Å². The van der Waals surface area contributed by atoms with Gasteiger partial charge in [-0.2, -0.15) is 0 Å². The molecule has 0 saturated carbocycles. The molecule has 0 aliphatic rings. The van der Waals surface area contributed by atoms with Gasteiger partial charge in [0.15, 0.2) is 5.16 Å². The Hall–Kier alpha value is -0.890. The molecular weight excluding hydrogens is 342 g/mol. The number of carbonyl (C=O) groups excluding carboxylic acids is 1. The number of rotatable bonds is 6. The first kappa shape index (κ1) is 17.5. The van der Waals surface area contributed by atoms with Gasteiger partial charge in [0.05, 0.1) is 12.5 Å². The van der Waals surface area contributed by atoms with Crippen molar-refractivity contribution in [1.82, 2.24) is 14.9 Å². The Bertz CT molecular complexity index is 688. The van der Waals surface area contributed by atoms with Gasteiger partial charge in [-0.3, -0.25) is 0 Å². The van der Waals surface area contributed by atoms with Crippen molar-refractivity contribution in [3.05, 3.63) is 15.6 Å². The van der Waals surface area contributed by atoms with Crippen molar-refractivity contribution in [1.29, 1.82) is 0 Å². The van der Waals surface area contributed by atoms with Crippen molar-refractivity contribution in [3.8, 4) is 0 Å². The van der Waals surface area contributed by atoms with E-state index in [1.165, 1.54) is 18.4 Å². The van der Waals surface area contributed by atoms with Crippen molar-refractivity contribution in [3.63, 3.8) is 0 Å². The molecule has 2 heterocycles. The molecule has 0 spiro atoms. The van der Waals surface area contributed by atoms with Crippen molar-refractivity contribution >= 4 is 50.9 Å². The van der Waals surface area contributed by atoms with Gasteiger partial charge in [-0.25, -0.2) is 14.8 Å². The number of esters is 1. The molecule has 0 fully saturated rings. The van der Waals surface area contributed by atoms with E-state index in [-0.39, 0.29) is 5.97 Å². The highest BCUT2D eigenvalue weighted by Crippen LogP contribution is 2.35. The summed E-state index contributed by atoms with van der Waals surface area (Å²) in [6.07, 6.45) is 1.05. The summed E-state index contributed by atoms with van der Waals surface area (Å²) in [5.74, 6) is 0.561. The molecule has 2 aromatic heterocycles. The van der Waals surface area contributed by atoms with Gasteiger partial charge < -0.3 is 9.64 Å². The van der Waals surface area contributed by atoms with Crippen LogP contribution in [-0.4, -0.2) is 54.3 Å². The lowest BCUT2D eigenvalue weighted by Gasteiger charge is -2.08. The van der Waals surface area contributed by atoms with Crippen LogP contribution >= 0.6 is 34.7 Å². The molecule has 2 aromatic rings. The number of hydrogen-bond donors (Lipinski definition) is 0. The maximum atomic E-state index is 11.8. The van der Waals surface area contributed by atoms with Crippen molar-refractivity contribution in [2.75, 3.05) is 33.5 Å². The Morgan fingerprint density at radius 1 is 1.41 bits per heavy atom. The molecule has 0 saturated heterocycles. The lowest BCUT2D eigenvalue weighted by Crippen LogP contribution is -2.13. The van der Waals surface area contributed by atoms with Crippen LogP contribution in [0.1, 0.15) is 21.7 Å². The summed E-state index contributed by atoms with van der Waals surface area (Å²) in [6.45, 7) is 2.86. The van der Waals surface area contributed by atoms with Crippen LogP contribution in [0, 0.1) is 6.92 Å². The van der Waals surface area contributed by atoms with Crippen molar-refractivity contribution < 1.29 is 9.53 Å². The lowest BCUT2D eigenvalue weighted by molar-refractivity contribution is 0.0605. The number of thioether (sulfide) groups is 1. The Kier molecular flexibility index (Phi) is 6.02. The van der Waals surface area contributed by atoms with Gasteiger partial charge in [0, 0.05) is 5.75 Å². The lowest BCUT2D eigenvalue weighted by atomic mass is 10.2. The number of hydrogen-bond acceptors (Lipinski definition) is 7. The maximum absolute atomic E-state index is 11.8. The molecule has 0 radical (unpaired) electrons. The van der Waals surface area contributed by atoms with Crippen LogP contribution in [0.15, 0.2) is 5.16 Å². The Labute approximate surface area is 143 Å². The fourth-order valence-electron chi connectivity index (χ4n) is 1.97. The monoisotopic (exact) mass is 359 g/mol. The molecular formula is C14H18ClN3O2S2. The summed E-state index contributed by atoms with van der Waals surface area (Å²) in [5.41, 5.74) is 0.779. The summed E-state index contributed by atoms with van der Waals surface area (Å²) in [6, 6.07) is 0. The van der Waals surface area contributed by atoms with E-state index in [9.17, 15) is 4.79 Å². The number of aryl methyl sites for hydroxylation is 1. The molecule has 5 nitrogen and oxygen atoms in total. The van der Waals surface area contributed by atoms with Gasteiger partial charge in [0.1, 0.15) is 14.9 Å². The summed E-state index contributed by atoms with van der Waals surface area (Å²) < 4.78 is 4.79. The van der Waals surface area contributed by atoms with Crippen LogP contribution in [-0.2, 0) is 4.74 Å². The van der Waals surface area contributed by atoms with Gasteiger partial charge in [0.2, 0.25) is 0 Å². The third-order valence-electron chi connectivity index (χ3n) is 3.08. The van der Waals surface area contributed by atoms with E-state index in [2.05, 4.69) is 14.9 Å². The van der Waals surface area contributed by atoms with Crippen LogP contribution in [0.25, 0.3) is 10.2 Å². The third kappa shape index (κ3) is 3.90. The molecule has 0 aromatic carbocycles. The quantitative estimate of drug-likeness (QED) is 0.259. The van der Waals surface area contributed by atoms with E-state index in [0.29, 0.717) is 15.2 Å². The highest BCUT2D eigenvalue weighted by Gasteiger charge is 2.20. The predicted molar refractivity (Wildman–Crippen MR) is 92.4 cm³/mol. The Morgan fingerprint density at radius 3 is 2.77 bits per heavy atom. The smallest absolute Gasteiger partial charge is 0.348 e. The molecule has 0 amide bonds. The van der Waals surface area contributed by atoms with E-state index in [4.69, 9.17) is 16.3 Å². The topological polar surface area (TPSA) is 55.3 Å². The van der Waals surface area contributed by atoms with Gasteiger partial charge in [0.25, 0.3) is 0 Å². The summed E-state index contributed by atoms with van der Waals surface area (Å²) in [7, 11) is 5.46. The highest BCUT2D eigenvalue weighted by molar-refractivity contribution is 7.99. The van der Waals surface area contributed by atoms with Crippen LogP contribution in [0.3, 0.4) is 0 Å². The standard InChI is InChI=1S/C14H18ClN3O2S2/c1-8-9-11(15)16-14(21-7-5-6-18(2)3)17-12(9)22-10(8)13(19)20-4/h5-7H2,1-4H3. The number of fused-ring (bicyclic) bond motifs is 1. The van der Waals surface area contributed by atoms with E-state index < -0.39 is 0 Å². The fourth-order valence-corrected chi connectivity index (χ4v) is 4.31. The van der Waals surface area contributed by atoms with E-state index in [1.807, 2.05) is 21.0 Å². The summed E-state index contributed by atoms with van der Waals surface area (Å²) >= 11 is 9.15. The van der Waals surface area contributed by atoms with Crippen molar-refractivity contribution in [2.24, 2.45) is 0 Å². The zero-order valence-electron chi connectivity index (χ0n) is 13.0. The van der Waals surface area contributed by atoms with Gasteiger partial charge >= 0.3 is 5.97 Å². The molecule has 0 atom stereocenters. The fraction of sp³-hybridized carbons (Fsp3) is 0.500. The second-order valence-corrected chi connectivity index (χ2v) is 7.45. The Balaban J connectivity index is 2.23. The molecule has 2 rings (SSSR count). The summed E-state index contributed by atoms with van der Waals surface area (Å²) in [4.78, 5) is 24.0. The Morgan fingerprint density at radius 2 is 2.14 bits per heavy atom. The van der Waals surface area contributed by atoms with Crippen LogP contribution in [0.2, 0.25) is 5.15 Å². The first-order valence-corrected chi connectivity index (χ1v) is 8.94. The minimum Gasteiger partial charge on any atom is -0.465 e. The molecule has 8 heteroatoms. The number of thiophene rings is 1. The molecule has 22 heavy (non-hydrogen) atoms. The molecule has 0 unspecified atom stereocenters. The third-order valence-corrected chi connectivity index (χ3v) is 5.45. The second-order valence-electron chi connectivity index (χ2n) is 5.03. The zero-order valence-corrected chi connectivity index (χ0v) is 15.4. The molecule has 0 bridgehead atoms. The van der Waals surface area contributed by atoms with Crippen molar-refractivity contribution in [2.45, 2.75) is 18.5 Å². The van der Waals surface area contributed by atoms with Crippen LogP contribution in [0.5, 0.6) is 0 Å². The molecule has 0 aliphatic carbocycles. The average molecular weight is 360 g/mol. The summed E-state index contributed by atoms with van der Waals surface area (Å²) in [5, 5.41) is 1.78. The SMILES string of the molecule is COC(=O)c1sc2nc(SCCCN(C)C)nc(Cl)c2c1C. The van der Waals surface area contributed by atoms with Gasteiger partial charge in [-0.15, -0.1) is 11.3 Å². The van der Waals surface area contributed by atoms with E-state index in [1.54, 1.807) is 11.8 Å². The molecule has 120 valence electrons. The van der Waals surface area contributed by atoms with Gasteiger partial charge in [-0.1, -0.05) is 23.4 Å². The van der Waals surface area contributed by atoms with Gasteiger partial charge in [-0.05, 0) is 39.5 Å².